The molecule has 0 bridgehead atoms. The third-order valence-corrected chi connectivity index (χ3v) is 6.73. The Bertz CT molecular complexity index is 2090. The zero-order chi connectivity index (χ0) is 21.5. The largest absolute Gasteiger partial charge is 0.274 e. The predicted octanol–water partition coefficient (Wildman–Crippen LogP) is 7.04. The van der Waals surface area contributed by atoms with Crippen molar-refractivity contribution in [3.8, 4) is 0 Å². The van der Waals surface area contributed by atoms with E-state index in [1.807, 2.05) is 6.07 Å². The summed E-state index contributed by atoms with van der Waals surface area (Å²) in [6.07, 6.45) is 0. The Labute approximate surface area is 187 Å². The first-order valence-electron chi connectivity index (χ1n) is 11.1. The van der Waals surface area contributed by atoms with E-state index in [9.17, 15) is 0 Å². The van der Waals surface area contributed by atoms with Crippen molar-refractivity contribution in [3.63, 3.8) is 0 Å². The van der Waals surface area contributed by atoms with Gasteiger partial charge in [0.2, 0.25) is 0 Å². The van der Waals surface area contributed by atoms with Gasteiger partial charge in [0.1, 0.15) is 11.2 Å². The van der Waals surface area contributed by atoms with Crippen LogP contribution in [0.15, 0.2) is 97.1 Å². The monoisotopic (exact) mass is 420 g/mol. The second-order valence-electron chi connectivity index (χ2n) is 8.49. The van der Waals surface area contributed by atoms with E-state index in [0.29, 0.717) is 0 Å². The average molecular weight is 420 g/mol. The van der Waals surface area contributed by atoms with E-state index in [0.717, 1.165) is 60.4 Å². The molecule has 0 aliphatic carbocycles. The molecule has 3 heterocycles. The highest BCUT2D eigenvalue weighted by Crippen LogP contribution is 2.36. The van der Waals surface area contributed by atoms with Gasteiger partial charge in [-0.05, 0) is 22.9 Å². The molecular formula is C29H16N4. The number of imidazole rings is 1. The van der Waals surface area contributed by atoms with Gasteiger partial charge in [0.15, 0.2) is 5.65 Å². The van der Waals surface area contributed by atoms with Gasteiger partial charge in [0.05, 0.1) is 22.1 Å². The van der Waals surface area contributed by atoms with E-state index in [4.69, 9.17) is 15.0 Å². The van der Waals surface area contributed by atoms with Crippen molar-refractivity contribution >= 4 is 71.2 Å². The number of nitrogens with zero attached hydrogens (tertiary/aromatic N) is 4. The van der Waals surface area contributed by atoms with Gasteiger partial charge in [-0.15, -0.1) is 0 Å². The summed E-state index contributed by atoms with van der Waals surface area (Å²) in [4.78, 5) is 15.6. The van der Waals surface area contributed by atoms with E-state index >= 15 is 0 Å². The lowest BCUT2D eigenvalue weighted by molar-refractivity contribution is 1.24. The van der Waals surface area contributed by atoms with Crippen LogP contribution in [-0.4, -0.2) is 19.4 Å². The quantitative estimate of drug-likeness (QED) is 0.195. The van der Waals surface area contributed by atoms with E-state index < -0.39 is 0 Å². The Morgan fingerprint density at radius 1 is 0.394 bits per heavy atom. The van der Waals surface area contributed by atoms with Crippen LogP contribution < -0.4 is 0 Å². The van der Waals surface area contributed by atoms with Crippen LogP contribution in [0.5, 0.6) is 0 Å². The van der Waals surface area contributed by atoms with Crippen molar-refractivity contribution in [1.82, 2.24) is 19.4 Å². The van der Waals surface area contributed by atoms with Gasteiger partial charge >= 0.3 is 0 Å². The molecule has 4 heteroatoms. The van der Waals surface area contributed by atoms with Crippen LogP contribution >= 0.6 is 0 Å². The lowest BCUT2D eigenvalue weighted by Gasteiger charge is -2.12. The molecule has 152 valence electrons. The zero-order valence-corrected chi connectivity index (χ0v) is 17.5. The molecule has 4 nitrogen and oxygen atoms in total. The Morgan fingerprint density at radius 2 is 0.909 bits per heavy atom. The third-order valence-electron chi connectivity index (χ3n) is 6.73. The van der Waals surface area contributed by atoms with Gasteiger partial charge in [-0.3, -0.25) is 4.40 Å². The zero-order valence-electron chi connectivity index (χ0n) is 17.5. The Hall–Kier alpha value is -4.57. The maximum atomic E-state index is 5.32. The number of fused-ring (bicyclic) bond motifs is 14. The molecule has 0 N–H and O–H groups in total. The molecule has 0 radical (unpaired) electrons. The summed E-state index contributed by atoms with van der Waals surface area (Å²) in [6, 6.07) is 33.6. The predicted molar refractivity (Wildman–Crippen MR) is 136 cm³/mol. The van der Waals surface area contributed by atoms with E-state index in [2.05, 4.69) is 95.4 Å². The van der Waals surface area contributed by atoms with E-state index in [-0.39, 0.29) is 0 Å². The van der Waals surface area contributed by atoms with Gasteiger partial charge in [-0.1, -0.05) is 84.9 Å². The normalized spacial score (nSPS) is 12.2. The number of para-hydroxylation sites is 2. The minimum atomic E-state index is 0.838. The van der Waals surface area contributed by atoms with E-state index in [1.54, 1.807) is 0 Å². The van der Waals surface area contributed by atoms with Gasteiger partial charge in [-0.25, -0.2) is 15.0 Å². The first kappa shape index (κ1) is 17.0. The maximum absolute atomic E-state index is 5.32. The van der Waals surface area contributed by atoms with Crippen molar-refractivity contribution in [1.29, 1.82) is 0 Å². The SMILES string of the molecule is c1ccc2c(c1)nc1c3ccccc3c3nc4c5ccccc5c5ccccc5c4nc3n21. The fourth-order valence-corrected chi connectivity index (χ4v) is 5.29. The van der Waals surface area contributed by atoms with Gasteiger partial charge in [0.25, 0.3) is 0 Å². The Morgan fingerprint density at radius 3 is 1.61 bits per heavy atom. The number of hydrogen-bond acceptors (Lipinski definition) is 3. The van der Waals surface area contributed by atoms with Crippen molar-refractivity contribution < 1.29 is 0 Å². The summed E-state index contributed by atoms with van der Waals surface area (Å²) in [5, 5.41) is 6.79. The molecule has 0 spiro atoms. The molecular weight excluding hydrogens is 404 g/mol. The van der Waals surface area contributed by atoms with Crippen LogP contribution in [0.4, 0.5) is 0 Å². The highest BCUT2D eigenvalue weighted by molar-refractivity contribution is 6.24. The molecule has 8 aromatic rings. The molecule has 0 amide bonds. The second-order valence-corrected chi connectivity index (χ2v) is 8.49. The second kappa shape index (κ2) is 6.02. The number of aromatic nitrogens is 4. The van der Waals surface area contributed by atoms with E-state index in [1.165, 1.54) is 10.8 Å². The lowest BCUT2D eigenvalue weighted by atomic mass is 9.99. The lowest BCUT2D eigenvalue weighted by Crippen LogP contribution is -1.98. The minimum Gasteiger partial charge on any atom is -0.274 e. The average Bonchev–Trinajstić information content (AvgIpc) is 3.28. The summed E-state index contributed by atoms with van der Waals surface area (Å²) in [5.41, 5.74) is 6.51. The van der Waals surface area contributed by atoms with Crippen molar-refractivity contribution in [2.75, 3.05) is 0 Å². The molecule has 0 fully saturated rings. The summed E-state index contributed by atoms with van der Waals surface area (Å²) in [5.74, 6) is 0. The number of hydrogen-bond donors (Lipinski definition) is 0. The molecule has 0 saturated carbocycles. The van der Waals surface area contributed by atoms with Gasteiger partial charge < -0.3 is 0 Å². The topological polar surface area (TPSA) is 43.1 Å². The molecule has 3 aromatic heterocycles. The molecule has 33 heavy (non-hydrogen) atoms. The van der Waals surface area contributed by atoms with Gasteiger partial charge in [0, 0.05) is 21.5 Å². The maximum Gasteiger partial charge on any atom is 0.166 e. The van der Waals surface area contributed by atoms with Crippen LogP contribution in [-0.2, 0) is 0 Å². The van der Waals surface area contributed by atoms with Crippen LogP contribution in [0.2, 0.25) is 0 Å². The standard InChI is InChI=1S/C29H16N4/c1-3-11-19-17(9-1)18-10-2-4-12-20(18)26-25(19)31-27-21-13-5-6-14-22(21)28-30-23-15-7-8-16-24(23)33(28)29(27)32-26/h1-16H. The van der Waals surface area contributed by atoms with Crippen LogP contribution in [0.1, 0.15) is 0 Å². The molecule has 0 atom stereocenters. The smallest absolute Gasteiger partial charge is 0.166 e. The Balaban J connectivity index is 1.75. The summed E-state index contributed by atoms with van der Waals surface area (Å²) in [7, 11) is 0. The van der Waals surface area contributed by atoms with Crippen molar-refractivity contribution in [2.45, 2.75) is 0 Å². The summed E-state index contributed by atoms with van der Waals surface area (Å²) >= 11 is 0. The molecule has 5 aromatic carbocycles. The summed E-state index contributed by atoms with van der Waals surface area (Å²) in [6.45, 7) is 0. The molecule has 0 saturated heterocycles. The molecule has 0 aliphatic heterocycles. The van der Waals surface area contributed by atoms with Gasteiger partial charge in [-0.2, -0.15) is 0 Å². The highest BCUT2D eigenvalue weighted by Gasteiger charge is 2.18. The third kappa shape index (κ3) is 2.12. The van der Waals surface area contributed by atoms with Crippen LogP contribution in [0, 0.1) is 0 Å². The van der Waals surface area contributed by atoms with Crippen molar-refractivity contribution in [2.24, 2.45) is 0 Å². The van der Waals surface area contributed by atoms with Crippen LogP contribution in [0.3, 0.4) is 0 Å². The molecule has 0 unspecified atom stereocenters. The first-order chi connectivity index (χ1) is 16.4. The molecule has 8 rings (SSSR count). The minimum absolute atomic E-state index is 0.838. The fourth-order valence-electron chi connectivity index (χ4n) is 5.29. The molecule has 0 aliphatic rings. The number of rotatable bonds is 0. The number of pyridine rings is 1. The fraction of sp³-hybridized carbons (Fsp3) is 0. The first-order valence-corrected chi connectivity index (χ1v) is 11.1. The number of benzene rings is 5. The summed E-state index contributed by atoms with van der Waals surface area (Å²) < 4.78 is 2.17. The van der Waals surface area contributed by atoms with Crippen LogP contribution in [0.25, 0.3) is 71.2 Å². The highest BCUT2D eigenvalue weighted by atomic mass is 15.1. The van der Waals surface area contributed by atoms with Crippen molar-refractivity contribution in [3.05, 3.63) is 97.1 Å². The Kier molecular flexibility index (Phi) is 3.11.